The van der Waals surface area contributed by atoms with Gasteiger partial charge in [-0.1, -0.05) is 0 Å². The van der Waals surface area contributed by atoms with Gasteiger partial charge in [0.05, 0.1) is 6.26 Å². The van der Waals surface area contributed by atoms with E-state index in [0.717, 1.165) is 6.26 Å². The second-order valence-corrected chi connectivity index (χ2v) is 3.95. The molecule has 0 radical (unpaired) electrons. The van der Waals surface area contributed by atoms with Crippen LogP contribution in [0.25, 0.3) is 0 Å². The van der Waals surface area contributed by atoms with Crippen LogP contribution in [0, 0.1) is 0 Å². The Balaban J connectivity index is 4.07. The molecule has 0 aromatic rings. The Morgan fingerprint density at radius 3 is 2.10 bits per heavy atom. The van der Waals surface area contributed by atoms with Crippen molar-refractivity contribution >= 4 is 27.7 Å². The van der Waals surface area contributed by atoms with E-state index in [1.807, 2.05) is 0 Å². The first-order chi connectivity index (χ1) is 4.33. The predicted molar refractivity (Wildman–Crippen MR) is 36.3 cm³/mol. The van der Waals surface area contributed by atoms with E-state index in [1.54, 1.807) is 0 Å². The maximum Gasteiger partial charge on any atom is 0.339 e. The molecule has 1 atom stereocenters. The van der Waals surface area contributed by atoms with Gasteiger partial charge >= 0.3 is 16.1 Å². The minimum Gasteiger partial charge on any atom is -0.344 e. The molecule has 1 unspecified atom stereocenters. The zero-order valence-corrected chi connectivity index (χ0v) is 7.07. The van der Waals surface area contributed by atoms with Crippen LogP contribution in [0.3, 0.4) is 0 Å². The molecular formula is C4H7ClO4S. The Morgan fingerprint density at radius 2 is 2.00 bits per heavy atom. The molecule has 60 valence electrons. The first-order valence-corrected chi connectivity index (χ1v) is 4.65. The fraction of sp³-hybridized carbons (Fsp3) is 0.750. The molecule has 0 aromatic heterocycles. The summed E-state index contributed by atoms with van der Waals surface area (Å²) in [6, 6.07) is 0. The van der Waals surface area contributed by atoms with Gasteiger partial charge in [-0.25, -0.2) is 4.79 Å². The van der Waals surface area contributed by atoms with Crippen LogP contribution in [0.1, 0.15) is 6.92 Å². The summed E-state index contributed by atoms with van der Waals surface area (Å²) in [5, 5.41) is -0.935. The van der Waals surface area contributed by atoms with E-state index in [2.05, 4.69) is 4.18 Å². The molecule has 6 heteroatoms. The monoisotopic (exact) mass is 186 g/mol. The Kier molecular flexibility index (Phi) is 3.11. The molecule has 0 amide bonds. The molecule has 0 aliphatic carbocycles. The normalized spacial score (nSPS) is 14.3. The van der Waals surface area contributed by atoms with E-state index in [1.165, 1.54) is 6.92 Å². The largest absolute Gasteiger partial charge is 0.344 e. The molecule has 0 saturated heterocycles. The zero-order valence-electron chi connectivity index (χ0n) is 5.50. The van der Waals surface area contributed by atoms with Crippen LogP contribution < -0.4 is 0 Å². The molecule has 4 nitrogen and oxygen atoms in total. The number of carbonyl (C=O) groups excluding carboxylic acids is 1. The molecular weight excluding hydrogens is 180 g/mol. The van der Waals surface area contributed by atoms with Crippen LogP contribution in [0.15, 0.2) is 0 Å². The maximum absolute atomic E-state index is 10.4. The van der Waals surface area contributed by atoms with Crippen LogP contribution in [0.4, 0.5) is 0 Å². The van der Waals surface area contributed by atoms with Gasteiger partial charge in [0, 0.05) is 0 Å². The van der Waals surface area contributed by atoms with Gasteiger partial charge in [0.25, 0.3) is 0 Å². The molecule has 0 bridgehead atoms. The van der Waals surface area contributed by atoms with E-state index >= 15 is 0 Å². The van der Waals surface area contributed by atoms with Crippen LogP contribution in [0.2, 0.25) is 0 Å². The minimum absolute atomic E-state index is 0.782. The van der Waals surface area contributed by atoms with E-state index in [9.17, 15) is 13.2 Å². The van der Waals surface area contributed by atoms with E-state index in [-0.39, 0.29) is 0 Å². The molecule has 0 rings (SSSR count). The third kappa shape index (κ3) is 4.58. The third-order valence-electron chi connectivity index (χ3n) is 0.558. The van der Waals surface area contributed by atoms with Crippen molar-refractivity contribution < 1.29 is 17.4 Å². The minimum atomic E-state index is -3.70. The van der Waals surface area contributed by atoms with Gasteiger partial charge < -0.3 is 4.18 Å². The van der Waals surface area contributed by atoms with Gasteiger partial charge in [-0.3, -0.25) is 0 Å². The standard InChI is InChI=1S/C4H7ClO4S/c1-3(5)4(6)9-10(2,7)8/h3H,1-2H3. The summed E-state index contributed by atoms with van der Waals surface area (Å²) in [6.07, 6.45) is 0.782. The molecule has 10 heavy (non-hydrogen) atoms. The van der Waals surface area contributed by atoms with Gasteiger partial charge in [0.1, 0.15) is 5.38 Å². The van der Waals surface area contributed by atoms with Crippen molar-refractivity contribution in [2.75, 3.05) is 6.26 Å². The van der Waals surface area contributed by atoms with Gasteiger partial charge in [-0.2, -0.15) is 8.42 Å². The third-order valence-corrected chi connectivity index (χ3v) is 1.20. The van der Waals surface area contributed by atoms with Crippen molar-refractivity contribution in [2.45, 2.75) is 12.3 Å². The summed E-state index contributed by atoms with van der Waals surface area (Å²) in [4.78, 5) is 10.4. The lowest BCUT2D eigenvalue weighted by molar-refractivity contribution is -0.133. The second kappa shape index (κ2) is 3.21. The Morgan fingerprint density at radius 1 is 1.60 bits per heavy atom. The van der Waals surface area contributed by atoms with Gasteiger partial charge in [-0.05, 0) is 6.92 Å². The first kappa shape index (κ1) is 9.71. The topological polar surface area (TPSA) is 60.4 Å². The summed E-state index contributed by atoms with van der Waals surface area (Å²) < 4.78 is 24.4. The Bertz CT molecular complexity index is 217. The first-order valence-electron chi connectivity index (χ1n) is 2.40. The zero-order chi connectivity index (χ0) is 8.36. The van der Waals surface area contributed by atoms with Crippen molar-refractivity contribution in [1.82, 2.24) is 0 Å². The Labute approximate surface area is 64.2 Å². The van der Waals surface area contributed by atoms with Crippen LogP contribution in [-0.2, 0) is 19.1 Å². The van der Waals surface area contributed by atoms with Gasteiger partial charge in [0.15, 0.2) is 0 Å². The molecule has 0 N–H and O–H groups in total. The molecule has 0 heterocycles. The summed E-state index contributed by atoms with van der Waals surface area (Å²) in [5.74, 6) is -0.954. The van der Waals surface area contributed by atoms with Crippen molar-refractivity contribution in [3.05, 3.63) is 0 Å². The lowest BCUT2D eigenvalue weighted by atomic mass is 10.5. The number of hydrogen-bond acceptors (Lipinski definition) is 4. The van der Waals surface area contributed by atoms with E-state index in [0.29, 0.717) is 0 Å². The molecule has 0 aliphatic heterocycles. The number of rotatable bonds is 2. The molecule has 0 aromatic carbocycles. The Hall–Kier alpha value is -0.290. The number of halogens is 1. The fourth-order valence-corrected chi connectivity index (χ4v) is 0.756. The average molecular weight is 187 g/mol. The van der Waals surface area contributed by atoms with Crippen molar-refractivity contribution in [2.24, 2.45) is 0 Å². The summed E-state index contributed by atoms with van der Waals surface area (Å²) >= 11 is 5.20. The van der Waals surface area contributed by atoms with Crippen LogP contribution >= 0.6 is 11.6 Å². The highest BCUT2D eigenvalue weighted by Gasteiger charge is 2.15. The quantitative estimate of drug-likeness (QED) is 0.454. The number of alkyl halides is 1. The van der Waals surface area contributed by atoms with Gasteiger partial charge in [-0.15, -0.1) is 11.6 Å². The summed E-state index contributed by atoms with van der Waals surface area (Å²) in [6.45, 7) is 1.33. The highest BCUT2D eigenvalue weighted by Crippen LogP contribution is 1.99. The number of hydrogen-bond donors (Lipinski definition) is 0. The van der Waals surface area contributed by atoms with E-state index in [4.69, 9.17) is 11.6 Å². The van der Waals surface area contributed by atoms with Crippen LogP contribution in [-0.4, -0.2) is 26.0 Å². The fourth-order valence-electron chi connectivity index (χ4n) is 0.215. The molecule has 0 fully saturated rings. The number of carbonyl (C=O) groups is 1. The SMILES string of the molecule is CC(Cl)C(=O)OS(C)(=O)=O. The highest BCUT2D eigenvalue weighted by atomic mass is 35.5. The summed E-state index contributed by atoms with van der Waals surface area (Å²) in [5.41, 5.74) is 0. The average Bonchev–Trinajstić information content (AvgIpc) is 1.60. The maximum atomic E-state index is 10.4. The second-order valence-electron chi connectivity index (χ2n) is 1.72. The predicted octanol–water partition coefficient (Wildman–Crippen LogP) is 0.117. The molecule has 0 spiro atoms. The van der Waals surface area contributed by atoms with E-state index < -0.39 is 21.5 Å². The lowest BCUT2D eigenvalue weighted by Crippen LogP contribution is -2.18. The molecule has 0 aliphatic rings. The van der Waals surface area contributed by atoms with Crippen molar-refractivity contribution in [3.63, 3.8) is 0 Å². The smallest absolute Gasteiger partial charge is 0.339 e. The van der Waals surface area contributed by atoms with Crippen molar-refractivity contribution in [3.8, 4) is 0 Å². The van der Waals surface area contributed by atoms with Crippen molar-refractivity contribution in [1.29, 1.82) is 0 Å². The van der Waals surface area contributed by atoms with Crippen LogP contribution in [0.5, 0.6) is 0 Å². The lowest BCUT2D eigenvalue weighted by Gasteiger charge is -2.00. The summed E-state index contributed by atoms with van der Waals surface area (Å²) in [7, 11) is -3.70. The molecule has 0 saturated carbocycles. The highest BCUT2D eigenvalue weighted by molar-refractivity contribution is 7.86. The van der Waals surface area contributed by atoms with Gasteiger partial charge in [0.2, 0.25) is 0 Å².